The SMILES string of the molecule is [2H]c1ccc(N2CCN(C(=O)[C@@H](C)NC(=O)C([2H])([2H])[2H])CC2)cc1OC(F)(F)F. The Balaban J connectivity index is 1.97. The maximum absolute atomic E-state index is 12.4. The lowest BCUT2D eigenvalue weighted by Gasteiger charge is -2.37. The highest BCUT2D eigenvalue weighted by molar-refractivity contribution is 5.86. The first kappa shape index (κ1) is 13.8. The average Bonchev–Trinajstić information content (AvgIpc) is 2.61. The molecule has 1 N–H and O–H groups in total. The molecule has 0 radical (unpaired) electrons. The first-order valence-corrected chi connectivity index (χ1v) is 7.49. The molecule has 138 valence electrons. The fourth-order valence-corrected chi connectivity index (χ4v) is 2.53. The number of rotatable bonds is 4. The molecule has 1 aliphatic heterocycles. The highest BCUT2D eigenvalue weighted by atomic mass is 19.4. The normalized spacial score (nSPS) is 19.2. The predicted octanol–water partition coefficient (Wildman–Crippen LogP) is 1.76. The molecule has 2 amide bonds. The van der Waals surface area contributed by atoms with E-state index in [0.29, 0.717) is 18.8 Å². The monoisotopic (exact) mass is 363 g/mol. The van der Waals surface area contributed by atoms with Crippen molar-refractivity contribution in [2.75, 3.05) is 31.1 Å². The molecule has 2 rings (SSSR count). The van der Waals surface area contributed by atoms with E-state index < -0.39 is 42.9 Å². The molecular weight excluding hydrogens is 339 g/mol. The summed E-state index contributed by atoms with van der Waals surface area (Å²) in [6.07, 6.45) is -4.91. The number of hydrogen-bond acceptors (Lipinski definition) is 4. The van der Waals surface area contributed by atoms with Crippen molar-refractivity contribution >= 4 is 17.5 Å². The number of carbonyl (C=O) groups excluding carboxylic acids is 2. The Morgan fingerprint density at radius 1 is 1.36 bits per heavy atom. The number of amides is 2. The molecule has 25 heavy (non-hydrogen) atoms. The maximum Gasteiger partial charge on any atom is 0.573 e. The van der Waals surface area contributed by atoms with Gasteiger partial charge in [0.2, 0.25) is 11.8 Å². The number of anilines is 1. The highest BCUT2D eigenvalue weighted by Gasteiger charge is 2.31. The summed E-state index contributed by atoms with van der Waals surface area (Å²) in [5.74, 6) is -2.29. The van der Waals surface area contributed by atoms with Crippen LogP contribution in [0.1, 0.15) is 19.3 Å². The molecule has 0 bridgehead atoms. The minimum absolute atomic E-state index is 0.227. The van der Waals surface area contributed by atoms with Gasteiger partial charge < -0.3 is 19.9 Å². The summed E-state index contributed by atoms with van der Waals surface area (Å²) in [4.78, 5) is 27.1. The van der Waals surface area contributed by atoms with Crippen LogP contribution in [0.2, 0.25) is 0 Å². The summed E-state index contributed by atoms with van der Waals surface area (Å²) in [6, 6.07) is 2.37. The quantitative estimate of drug-likeness (QED) is 0.886. The van der Waals surface area contributed by atoms with Crippen LogP contribution in [0.5, 0.6) is 5.75 Å². The number of halogens is 3. The van der Waals surface area contributed by atoms with Gasteiger partial charge >= 0.3 is 6.36 Å². The van der Waals surface area contributed by atoms with E-state index in [1.54, 1.807) is 4.90 Å². The predicted molar refractivity (Wildman–Crippen MR) is 85.2 cm³/mol. The van der Waals surface area contributed by atoms with Gasteiger partial charge in [0, 0.05) is 48.9 Å². The summed E-state index contributed by atoms with van der Waals surface area (Å²) >= 11 is 0. The molecule has 0 unspecified atom stereocenters. The van der Waals surface area contributed by atoms with Crippen LogP contribution in [0.25, 0.3) is 0 Å². The zero-order chi connectivity index (χ0) is 22.0. The molecule has 0 aromatic heterocycles. The van der Waals surface area contributed by atoms with Crippen molar-refractivity contribution in [3.05, 3.63) is 24.2 Å². The van der Waals surface area contributed by atoms with Crippen molar-refractivity contribution < 1.29 is 33.0 Å². The molecular formula is C16H20F3N3O3. The van der Waals surface area contributed by atoms with Gasteiger partial charge in [0.25, 0.3) is 0 Å². The number of hydrogen-bond donors (Lipinski definition) is 1. The molecule has 9 heteroatoms. The lowest BCUT2D eigenvalue weighted by Crippen LogP contribution is -2.54. The van der Waals surface area contributed by atoms with Gasteiger partial charge in [0.15, 0.2) is 0 Å². The first-order valence-electron chi connectivity index (χ1n) is 9.49. The second kappa shape index (κ2) is 7.62. The Kier molecular flexibility index (Phi) is 4.21. The number of carbonyl (C=O) groups is 2. The summed E-state index contributed by atoms with van der Waals surface area (Å²) in [7, 11) is 0. The average molecular weight is 363 g/mol. The van der Waals surface area contributed by atoms with Crippen molar-refractivity contribution in [2.24, 2.45) is 0 Å². The van der Waals surface area contributed by atoms with Crippen molar-refractivity contribution in [1.82, 2.24) is 10.2 Å². The molecule has 0 spiro atoms. The van der Waals surface area contributed by atoms with Gasteiger partial charge in [0.05, 0.1) is 1.37 Å². The summed E-state index contributed by atoms with van der Waals surface area (Å²) in [6.45, 7) is -0.418. The van der Waals surface area contributed by atoms with Crippen LogP contribution in [-0.4, -0.2) is 55.3 Å². The lowest BCUT2D eigenvalue weighted by atomic mass is 10.2. The summed E-state index contributed by atoms with van der Waals surface area (Å²) in [5.41, 5.74) is 0.413. The lowest BCUT2D eigenvalue weighted by molar-refractivity contribution is -0.274. The summed E-state index contributed by atoms with van der Waals surface area (Å²) in [5, 5.41) is 2.15. The smallest absolute Gasteiger partial charge is 0.406 e. The third kappa shape index (κ3) is 5.54. The minimum atomic E-state index is -4.91. The zero-order valence-corrected chi connectivity index (χ0v) is 13.4. The van der Waals surface area contributed by atoms with Crippen molar-refractivity contribution in [3.63, 3.8) is 0 Å². The topological polar surface area (TPSA) is 61.9 Å². The van der Waals surface area contributed by atoms with Crippen LogP contribution in [0.15, 0.2) is 24.2 Å². The van der Waals surface area contributed by atoms with Crippen LogP contribution < -0.4 is 15.0 Å². The van der Waals surface area contributed by atoms with E-state index in [4.69, 9.17) is 5.48 Å². The van der Waals surface area contributed by atoms with Crippen molar-refractivity contribution in [3.8, 4) is 5.75 Å². The molecule has 1 aromatic rings. The fraction of sp³-hybridized carbons (Fsp3) is 0.500. The Bertz CT molecular complexity index is 766. The number of benzene rings is 1. The Morgan fingerprint density at radius 3 is 2.64 bits per heavy atom. The molecule has 0 saturated carbocycles. The van der Waals surface area contributed by atoms with E-state index in [1.165, 1.54) is 24.0 Å². The molecule has 6 nitrogen and oxygen atoms in total. The zero-order valence-electron chi connectivity index (χ0n) is 17.4. The van der Waals surface area contributed by atoms with Gasteiger partial charge in [-0.3, -0.25) is 9.59 Å². The van der Waals surface area contributed by atoms with E-state index in [2.05, 4.69) is 10.1 Å². The van der Waals surface area contributed by atoms with Crippen molar-refractivity contribution in [2.45, 2.75) is 26.2 Å². The minimum Gasteiger partial charge on any atom is -0.406 e. The van der Waals surface area contributed by atoms with E-state index in [-0.39, 0.29) is 13.1 Å². The molecule has 1 saturated heterocycles. The van der Waals surface area contributed by atoms with Crippen LogP contribution in [0.4, 0.5) is 18.9 Å². The number of ether oxygens (including phenoxy) is 1. The Labute approximate surface area is 149 Å². The highest BCUT2D eigenvalue weighted by Crippen LogP contribution is 2.27. The summed E-state index contributed by atoms with van der Waals surface area (Å²) < 4.78 is 69.8. The van der Waals surface area contributed by atoms with Crippen LogP contribution in [0, 0.1) is 0 Å². The number of alkyl halides is 3. The molecule has 1 aliphatic rings. The number of nitrogens with zero attached hydrogens (tertiary/aromatic N) is 2. The first-order chi connectivity index (χ1) is 13.3. The molecule has 1 heterocycles. The Morgan fingerprint density at radius 2 is 2.04 bits per heavy atom. The van der Waals surface area contributed by atoms with Gasteiger partial charge in [-0.05, 0) is 19.0 Å². The van der Waals surface area contributed by atoms with Gasteiger partial charge in [-0.15, -0.1) is 13.2 Å². The largest absolute Gasteiger partial charge is 0.573 e. The van der Waals surface area contributed by atoms with Crippen molar-refractivity contribution in [1.29, 1.82) is 0 Å². The maximum atomic E-state index is 12.4. The molecule has 0 aliphatic carbocycles. The molecule has 1 aromatic carbocycles. The standard InChI is InChI=1S/C16H20F3N3O3/c1-11(20-12(2)23)15(24)22-8-6-21(7-9-22)13-4-3-5-14(10-13)25-16(17,18)19/h3-5,10-11H,6-9H2,1-2H3,(H,20,23)/t11-/m1/s1/i2D3,5D. The third-order valence-electron chi connectivity index (χ3n) is 3.66. The van der Waals surface area contributed by atoms with E-state index >= 15 is 0 Å². The number of nitrogens with one attached hydrogen (secondary N) is 1. The number of piperazine rings is 1. The van der Waals surface area contributed by atoms with Gasteiger partial charge in [-0.1, -0.05) is 6.07 Å². The second-order valence-electron chi connectivity index (χ2n) is 5.47. The van der Waals surface area contributed by atoms with Crippen LogP contribution >= 0.6 is 0 Å². The molecule has 1 fully saturated rings. The van der Waals surface area contributed by atoms with Gasteiger partial charge in [-0.25, -0.2) is 0 Å². The van der Waals surface area contributed by atoms with Crippen LogP contribution in [-0.2, 0) is 9.59 Å². The fourth-order valence-electron chi connectivity index (χ4n) is 2.53. The van der Waals surface area contributed by atoms with Gasteiger partial charge in [-0.2, -0.15) is 0 Å². The van der Waals surface area contributed by atoms with E-state index in [1.807, 2.05) is 0 Å². The second-order valence-corrected chi connectivity index (χ2v) is 5.47. The molecule has 1 atom stereocenters. The van der Waals surface area contributed by atoms with Crippen LogP contribution in [0.3, 0.4) is 0 Å². The third-order valence-corrected chi connectivity index (χ3v) is 3.66. The van der Waals surface area contributed by atoms with E-state index in [9.17, 15) is 22.8 Å². The van der Waals surface area contributed by atoms with E-state index in [0.717, 1.165) is 6.07 Å². The van der Waals surface area contributed by atoms with Gasteiger partial charge in [0.1, 0.15) is 11.8 Å². The Hall–Kier alpha value is -2.45.